The van der Waals surface area contributed by atoms with Crippen molar-refractivity contribution in [3.8, 4) is 28.4 Å². The van der Waals surface area contributed by atoms with E-state index in [0.717, 1.165) is 72.9 Å². The van der Waals surface area contributed by atoms with Crippen LogP contribution in [-0.4, -0.2) is 40.5 Å². The van der Waals surface area contributed by atoms with E-state index in [1.807, 2.05) is 24.3 Å². The molecule has 0 atom stereocenters. The van der Waals surface area contributed by atoms with E-state index in [2.05, 4.69) is 97.6 Å². The summed E-state index contributed by atoms with van der Waals surface area (Å²) in [5, 5.41) is 2.37. The minimum atomic E-state index is -0.867. The highest BCUT2D eigenvalue weighted by atomic mass is 16.5. The van der Waals surface area contributed by atoms with Crippen LogP contribution >= 0.6 is 0 Å². The van der Waals surface area contributed by atoms with Gasteiger partial charge in [-0.25, -0.2) is 0 Å². The van der Waals surface area contributed by atoms with Gasteiger partial charge in [-0.15, -0.1) is 0 Å². The number of nitrogens with zero attached hydrogens (tertiary/aromatic N) is 1. The second-order valence-corrected chi connectivity index (χ2v) is 12.8. The summed E-state index contributed by atoms with van der Waals surface area (Å²) in [4.78, 5) is 2.43. The minimum absolute atomic E-state index is 0.110. The molecule has 0 bridgehead atoms. The summed E-state index contributed by atoms with van der Waals surface area (Å²) in [5.41, 5.74) is 8.97. The molecule has 5 heteroatoms. The molecule has 3 aliphatic rings. The average Bonchev–Trinajstić information content (AvgIpc) is 3.45. The van der Waals surface area contributed by atoms with Crippen LogP contribution in [0, 0.1) is 0 Å². The van der Waals surface area contributed by atoms with Crippen LogP contribution in [-0.2, 0) is 15.8 Å². The molecule has 0 N–H and O–H groups in total. The van der Waals surface area contributed by atoms with E-state index in [-0.39, 0.29) is 5.41 Å². The molecule has 5 aromatic carbocycles. The monoisotopic (exact) mass is 623 g/mol. The van der Waals surface area contributed by atoms with E-state index in [4.69, 9.17) is 18.9 Å². The molecule has 5 nitrogen and oxygen atoms in total. The van der Waals surface area contributed by atoms with Gasteiger partial charge in [0.15, 0.2) is 5.60 Å². The molecule has 5 aromatic rings. The topological polar surface area (TPSA) is 40.2 Å². The first kappa shape index (κ1) is 29.6. The Morgan fingerprint density at radius 3 is 2.00 bits per heavy atom. The van der Waals surface area contributed by atoms with Crippen molar-refractivity contribution in [3.63, 3.8) is 0 Å². The number of ether oxygens (including phenoxy) is 4. The van der Waals surface area contributed by atoms with Crippen molar-refractivity contribution in [2.75, 3.05) is 45.4 Å². The Labute approximate surface area is 277 Å². The zero-order valence-corrected chi connectivity index (χ0v) is 27.6. The van der Waals surface area contributed by atoms with E-state index in [1.165, 1.54) is 38.9 Å². The van der Waals surface area contributed by atoms with Gasteiger partial charge in [0.1, 0.15) is 17.2 Å². The predicted molar refractivity (Wildman–Crippen MR) is 190 cm³/mol. The van der Waals surface area contributed by atoms with E-state index in [1.54, 1.807) is 14.2 Å². The Kier molecular flexibility index (Phi) is 7.25. The molecule has 2 heterocycles. The van der Waals surface area contributed by atoms with E-state index < -0.39 is 5.60 Å². The van der Waals surface area contributed by atoms with Crippen LogP contribution in [0.4, 0.5) is 5.69 Å². The lowest BCUT2D eigenvalue weighted by molar-refractivity contribution is 0.122. The third-order valence-electron chi connectivity index (χ3n) is 10.8. The van der Waals surface area contributed by atoms with E-state index >= 15 is 0 Å². The molecule has 0 unspecified atom stereocenters. The first-order valence-electron chi connectivity index (χ1n) is 16.8. The Bertz CT molecular complexity index is 1940. The van der Waals surface area contributed by atoms with Gasteiger partial charge in [-0.1, -0.05) is 74.5 Å². The fourth-order valence-electron chi connectivity index (χ4n) is 8.32. The fourth-order valence-corrected chi connectivity index (χ4v) is 8.32. The van der Waals surface area contributed by atoms with Gasteiger partial charge in [-0.3, -0.25) is 0 Å². The van der Waals surface area contributed by atoms with Gasteiger partial charge >= 0.3 is 0 Å². The number of benzene rings is 5. The molecule has 0 saturated carbocycles. The molecule has 238 valence electrons. The summed E-state index contributed by atoms with van der Waals surface area (Å²) in [7, 11) is 3.40. The maximum atomic E-state index is 7.59. The van der Waals surface area contributed by atoms with Gasteiger partial charge < -0.3 is 23.8 Å². The first-order chi connectivity index (χ1) is 23.1. The van der Waals surface area contributed by atoms with Gasteiger partial charge in [-0.2, -0.15) is 0 Å². The average molecular weight is 624 g/mol. The number of methoxy groups -OCH3 is 2. The SMILES string of the molecule is CCC1(CC)c2ccccc2-c2c1c1c(c3cc(N4CCOCC4)ccc23)OC(c2ccc(OC)cc2)(c2ccc(OC)cc2)C=C1. The molecule has 47 heavy (non-hydrogen) atoms. The summed E-state index contributed by atoms with van der Waals surface area (Å²) in [6, 6.07) is 32.5. The first-order valence-corrected chi connectivity index (χ1v) is 16.8. The second kappa shape index (κ2) is 11.5. The highest BCUT2D eigenvalue weighted by Crippen LogP contribution is 2.60. The van der Waals surface area contributed by atoms with Crippen molar-refractivity contribution in [2.24, 2.45) is 0 Å². The summed E-state index contributed by atoms with van der Waals surface area (Å²) in [5.74, 6) is 2.55. The van der Waals surface area contributed by atoms with Gasteiger partial charge in [0, 0.05) is 46.3 Å². The summed E-state index contributed by atoms with van der Waals surface area (Å²) >= 11 is 0. The van der Waals surface area contributed by atoms with Gasteiger partial charge in [0.2, 0.25) is 0 Å². The van der Waals surface area contributed by atoms with Crippen LogP contribution < -0.4 is 19.1 Å². The molecule has 1 saturated heterocycles. The predicted octanol–water partition coefficient (Wildman–Crippen LogP) is 9.13. The highest BCUT2D eigenvalue weighted by molar-refractivity contribution is 6.09. The van der Waals surface area contributed by atoms with Crippen molar-refractivity contribution in [1.82, 2.24) is 0 Å². The van der Waals surface area contributed by atoms with Crippen molar-refractivity contribution in [3.05, 3.63) is 125 Å². The number of rotatable bonds is 7. The number of fused-ring (bicyclic) bond motifs is 8. The lowest BCUT2D eigenvalue weighted by Crippen LogP contribution is -2.36. The normalized spacial score (nSPS) is 17.1. The van der Waals surface area contributed by atoms with Crippen molar-refractivity contribution in [1.29, 1.82) is 0 Å². The molecule has 0 spiro atoms. The molecule has 1 aliphatic carbocycles. The van der Waals surface area contributed by atoms with Crippen LogP contribution in [0.5, 0.6) is 17.2 Å². The third kappa shape index (κ3) is 4.40. The van der Waals surface area contributed by atoms with Crippen molar-refractivity contribution >= 4 is 22.5 Å². The third-order valence-corrected chi connectivity index (χ3v) is 10.8. The Balaban J connectivity index is 1.44. The van der Waals surface area contributed by atoms with Crippen LogP contribution in [0.2, 0.25) is 0 Å². The van der Waals surface area contributed by atoms with Crippen LogP contribution in [0.25, 0.3) is 28.0 Å². The van der Waals surface area contributed by atoms with Crippen LogP contribution in [0.1, 0.15) is 54.5 Å². The summed E-state index contributed by atoms with van der Waals surface area (Å²) in [6.45, 7) is 7.89. The van der Waals surface area contributed by atoms with Gasteiger partial charge in [0.25, 0.3) is 0 Å². The number of morpholine rings is 1. The molecular weight excluding hydrogens is 582 g/mol. The number of hydrogen-bond donors (Lipinski definition) is 0. The maximum absolute atomic E-state index is 7.59. The molecule has 1 fully saturated rings. The van der Waals surface area contributed by atoms with Crippen LogP contribution in [0.3, 0.4) is 0 Å². The fraction of sp³-hybridized carbons (Fsp3) is 0.286. The Morgan fingerprint density at radius 1 is 0.745 bits per heavy atom. The zero-order chi connectivity index (χ0) is 32.2. The standard InChI is InChI=1S/C42H41NO4/c1-5-41(6-2)37-10-8-7-9-34(37)38-33-20-15-30(43-23-25-46-26-24-43)27-36(33)40-35(39(38)41)21-22-42(47-40,28-11-16-31(44-3)17-12-28)29-13-18-32(45-4)19-14-29/h7-22,27H,5-6,23-26H2,1-4H3. The van der Waals surface area contributed by atoms with Gasteiger partial charge in [0.05, 0.1) is 27.4 Å². The quantitative estimate of drug-likeness (QED) is 0.181. The number of hydrogen-bond acceptors (Lipinski definition) is 5. The van der Waals surface area contributed by atoms with Crippen molar-refractivity contribution in [2.45, 2.75) is 37.7 Å². The lowest BCUT2D eigenvalue weighted by Gasteiger charge is -2.39. The highest BCUT2D eigenvalue weighted by Gasteiger charge is 2.46. The number of anilines is 1. The Hall–Kier alpha value is -4.74. The zero-order valence-electron chi connectivity index (χ0n) is 27.6. The molecular formula is C42H41NO4. The smallest absolute Gasteiger partial charge is 0.178 e. The molecule has 0 amide bonds. The molecule has 8 rings (SSSR count). The molecule has 0 radical (unpaired) electrons. The minimum Gasteiger partial charge on any atom is -0.497 e. The summed E-state index contributed by atoms with van der Waals surface area (Å²) in [6.07, 6.45) is 6.62. The van der Waals surface area contributed by atoms with Crippen molar-refractivity contribution < 1.29 is 18.9 Å². The largest absolute Gasteiger partial charge is 0.497 e. The van der Waals surface area contributed by atoms with E-state index in [0.29, 0.717) is 0 Å². The van der Waals surface area contributed by atoms with Gasteiger partial charge in [-0.05, 0) is 83.0 Å². The maximum Gasteiger partial charge on any atom is 0.178 e. The lowest BCUT2D eigenvalue weighted by atomic mass is 9.71. The Morgan fingerprint density at radius 2 is 1.38 bits per heavy atom. The van der Waals surface area contributed by atoms with E-state index in [9.17, 15) is 0 Å². The van der Waals surface area contributed by atoms with Crippen LogP contribution in [0.15, 0.2) is 97.1 Å². The summed E-state index contributed by atoms with van der Waals surface area (Å²) < 4.78 is 24.4. The molecule has 0 aromatic heterocycles. The second-order valence-electron chi connectivity index (χ2n) is 12.8. The molecule has 2 aliphatic heterocycles.